The van der Waals surface area contributed by atoms with Crippen molar-refractivity contribution in [2.45, 2.75) is 25.5 Å². The van der Waals surface area contributed by atoms with Gasteiger partial charge >= 0.3 is 0 Å². The van der Waals surface area contributed by atoms with Gasteiger partial charge in [-0.15, -0.1) is 0 Å². The minimum absolute atomic E-state index is 0.0381. The van der Waals surface area contributed by atoms with Crippen LogP contribution in [0.1, 0.15) is 35.8 Å². The third kappa shape index (κ3) is 3.14. The summed E-state index contributed by atoms with van der Waals surface area (Å²) in [5.74, 6) is -0.164. The molecule has 21 heavy (non-hydrogen) atoms. The Morgan fingerprint density at radius 1 is 1.19 bits per heavy atom. The van der Waals surface area contributed by atoms with Gasteiger partial charge in [0.1, 0.15) is 5.82 Å². The predicted octanol–water partition coefficient (Wildman–Crippen LogP) is 3.79. The first kappa shape index (κ1) is 14.2. The molecule has 2 aromatic rings. The standard InChI is InChI=1S/C18H20FNO/c1-13(15-7-4-5-9-17(15)19)20-12-18-16-8-3-2-6-14(16)10-11-21-18/h2-9,13,18,20H,10-12H2,1H3/t13-,18?/m1/s1. The van der Waals surface area contributed by atoms with Crippen LogP contribution in [0.15, 0.2) is 48.5 Å². The molecule has 2 aromatic carbocycles. The molecule has 0 radical (unpaired) electrons. The van der Waals surface area contributed by atoms with E-state index in [9.17, 15) is 4.39 Å². The van der Waals surface area contributed by atoms with E-state index in [4.69, 9.17) is 4.74 Å². The largest absolute Gasteiger partial charge is 0.372 e. The van der Waals surface area contributed by atoms with E-state index < -0.39 is 0 Å². The summed E-state index contributed by atoms with van der Waals surface area (Å²) in [6.07, 6.45) is 1.01. The number of benzene rings is 2. The van der Waals surface area contributed by atoms with Crippen molar-refractivity contribution >= 4 is 0 Å². The van der Waals surface area contributed by atoms with Gasteiger partial charge in [0, 0.05) is 18.2 Å². The quantitative estimate of drug-likeness (QED) is 0.923. The van der Waals surface area contributed by atoms with E-state index >= 15 is 0 Å². The second kappa shape index (κ2) is 6.37. The molecule has 0 aliphatic carbocycles. The predicted molar refractivity (Wildman–Crippen MR) is 81.7 cm³/mol. The molecule has 2 nitrogen and oxygen atoms in total. The minimum atomic E-state index is -0.164. The van der Waals surface area contributed by atoms with Gasteiger partial charge in [0.25, 0.3) is 0 Å². The van der Waals surface area contributed by atoms with E-state index in [0.29, 0.717) is 12.1 Å². The zero-order valence-electron chi connectivity index (χ0n) is 12.2. The van der Waals surface area contributed by atoms with E-state index in [-0.39, 0.29) is 18.0 Å². The van der Waals surface area contributed by atoms with Crippen molar-refractivity contribution in [3.05, 3.63) is 71.0 Å². The zero-order chi connectivity index (χ0) is 14.7. The number of halogens is 1. The van der Waals surface area contributed by atoms with Crippen LogP contribution in [0.3, 0.4) is 0 Å². The van der Waals surface area contributed by atoms with Gasteiger partial charge in [0.2, 0.25) is 0 Å². The van der Waals surface area contributed by atoms with Gasteiger partial charge < -0.3 is 10.1 Å². The maximum absolute atomic E-state index is 13.8. The molecule has 1 unspecified atom stereocenters. The summed E-state index contributed by atoms with van der Waals surface area (Å²) in [4.78, 5) is 0. The monoisotopic (exact) mass is 285 g/mol. The highest BCUT2D eigenvalue weighted by Gasteiger charge is 2.21. The number of hydrogen-bond donors (Lipinski definition) is 1. The summed E-state index contributed by atoms with van der Waals surface area (Å²) in [6, 6.07) is 15.2. The zero-order valence-corrected chi connectivity index (χ0v) is 12.2. The van der Waals surface area contributed by atoms with Gasteiger partial charge in [-0.2, -0.15) is 0 Å². The van der Waals surface area contributed by atoms with Crippen molar-refractivity contribution in [1.29, 1.82) is 0 Å². The smallest absolute Gasteiger partial charge is 0.127 e. The molecule has 1 heterocycles. The van der Waals surface area contributed by atoms with Crippen LogP contribution < -0.4 is 5.32 Å². The van der Waals surface area contributed by atoms with Crippen LogP contribution in [-0.2, 0) is 11.2 Å². The molecule has 2 atom stereocenters. The van der Waals surface area contributed by atoms with Gasteiger partial charge in [0.15, 0.2) is 0 Å². The molecular weight excluding hydrogens is 265 g/mol. The van der Waals surface area contributed by atoms with Crippen LogP contribution in [0.2, 0.25) is 0 Å². The molecule has 0 aromatic heterocycles. The van der Waals surface area contributed by atoms with Gasteiger partial charge in [-0.3, -0.25) is 0 Å². The molecule has 1 aliphatic rings. The van der Waals surface area contributed by atoms with Crippen molar-refractivity contribution in [1.82, 2.24) is 5.32 Å². The normalized spacial score (nSPS) is 19.0. The number of rotatable bonds is 4. The first-order chi connectivity index (χ1) is 10.3. The van der Waals surface area contributed by atoms with Gasteiger partial charge in [-0.25, -0.2) is 4.39 Å². The summed E-state index contributed by atoms with van der Waals surface area (Å²) in [6.45, 7) is 3.41. The van der Waals surface area contributed by atoms with E-state index in [1.165, 1.54) is 17.2 Å². The molecule has 0 fully saturated rings. The van der Waals surface area contributed by atoms with Crippen molar-refractivity contribution in [3.8, 4) is 0 Å². The van der Waals surface area contributed by atoms with E-state index in [1.807, 2.05) is 25.1 Å². The Morgan fingerprint density at radius 3 is 2.81 bits per heavy atom. The van der Waals surface area contributed by atoms with Gasteiger partial charge in [-0.1, -0.05) is 42.5 Å². The molecule has 0 amide bonds. The Labute approximate surface area is 125 Å². The number of ether oxygens (including phenoxy) is 1. The van der Waals surface area contributed by atoms with Crippen LogP contribution in [0, 0.1) is 5.82 Å². The number of nitrogens with one attached hydrogen (secondary N) is 1. The maximum Gasteiger partial charge on any atom is 0.127 e. The molecular formula is C18H20FNO. The van der Waals surface area contributed by atoms with Gasteiger partial charge in [0.05, 0.1) is 12.7 Å². The lowest BCUT2D eigenvalue weighted by molar-refractivity contribution is 0.0409. The van der Waals surface area contributed by atoms with Crippen molar-refractivity contribution in [3.63, 3.8) is 0 Å². The molecule has 3 heteroatoms. The van der Waals surface area contributed by atoms with Crippen LogP contribution in [-0.4, -0.2) is 13.2 Å². The fourth-order valence-electron chi connectivity index (χ4n) is 2.87. The Bertz CT molecular complexity index is 614. The molecule has 110 valence electrons. The number of fused-ring (bicyclic) bond motifs is 1. The topological polar surface area (TPSA) is 21.3 Å². The minimum Gasteiger partial charge on any atom is -0.372 e. The lowest BCUT2D eigenvalue weighted by Crippen LogP contribution is -2.29. The molecule has 0 saturated heterocycles. The fourth-order valence-corrected chi connectivity index (χ4v) is 2.87. The van der Waals surface area contributed by atoms with E-state index in [1.54, 1.807) is 6.07 Å². The van der Waals surface area contributed by atoms with E-state index in [0.717, 1.165) is 13.0 Å². The third-order valence-electron chi connectivity index (χ3n) is 4.07. The highest BCUT2D eigenvalue weighted by atomic mass is 19.1. The fraction of sp³-hybridized carbons (Fsp3) is 0.333. The Balaban J connectivity index is 1.67. The first-order valence-electron chi connectivity index (χ1n) is 7.43. The molecule has 0 saturated carbocycles. The van der Waals surface area contributed by atoms with Crippen molar-refractivity contribution in [2.24, 2.45) is 0 Å². The molecule has 0 bridgehead atoms. The van der Waals surface area contributed by atoms with Crippen LogP contribution in [0.25, 0.3) is 0 Å². The molecule has 1 N–H and O–H groups in total. The summed E-state index contributed by atoms with van der Waals surface area (Å²) in [5, 5.41) is 3.39. The Kier molecular flexibility index (Phi) is 4.32. The van der Waals surface area contributed by atoms with Gasteiger partial charge in [-0.05, 0) is 30.5 Å². The molecule has 3 rings (SSSR count). The van der Waals surface area contributed by atoms with Crippen molar-refractivity contribution < 1.29 is 9.13 Å². The second-order valence-corrected chi connectivity index (χ2v) is 5.46. The number of hydrogen-bond acceptors (Lipinski definition) is 2. The Hall–Kier alpha value is -1.71. The van der Waals surface area contributed by atoms with Crippen LogP contribution in [0.4, 0.5) is 4.39 Å². The lowest BCUT2D eigenvalue weighted by atomic mass is 9.97. The SMILES string of the molecule is C[C@@H](NCC1OCCc2ccccc21)c1ccccc1F. The Morgan fingerprint density at radius 2 is 1.95 bits per heavy atom. The molecule has 1 aliphatic heterocycles. The summed E-state index contributed by atoms with van der Waals surface area (Å²) >= 11 is 0. The highest BCUT2D eigenvalue weighted by Crippen LogP contribution is 2.27. The molecule has 0 spiro atoms. The third-order valence-corrected chi connectivity index (χ3v) is 4.07. The highest BCUT2D eigenvalue weighted by molar-refractivity contribution is 5.31. The van der Waals surface area contributed by atoms with Crippen molar-refractivity contribution in [2.75, 3.05) is 13.2 Å². The van der Waals surface area contributed by atoms with Crippen LogP contribution in [0.5, 0.6) is 0 Å². The summed E-state index contributed by atoms with van der Waals surface area (Å²) in [5.41, 5.74) is 3.30. The average molecular weight is 285 g/mol. The average Bonchev–Trinajstić information content (AvgIpc) is 2.53. The first-order valence-corrected chi connectivity index (χ1v) is 7.43. The second-order valence-electron chi connectivity index (χ2n) is 5.46. The van der Waals surface area contributed by atoms with Crippen LogP contribution >= 0.6 is 0 Å². The lowest BCUT2D eigenvalue weighted by Gasteiger charge is -2.27. The summed E-state index contributed by atoms with van der Waals surface area (Å²) in [7, 11) is 0. The summed E-state index contributed by atoms with van der Waals surface area (Å²) < 4.78 is 19.6. The maximum atomic E-state index is 13.8. The van der Waals surface area contributed by atoms with E-state index in [2.05, 4.69) is 23.5 Å².